The summed E-state index contributed by atoms with van der Waals surface area (Å²) in [7, 11) is 0. The highest BCUT2D eigenvalue weighted by molar-refractivity contribution is 7.79. The van der Waals surface area contributed by atoms with E-state index >= 15 is 0 Å². The predicted molar refractivity (Wildman–Crippen MR) is 61.5 cm³/mol. The zero-order chi connectivity index (χ0) is 11.3. The molecule has 0 amide bonds. The van der Waals surface area contributed by atoms with Crippen molar-refractivity contribution in [2.45, 2.75) is 26.5 Å². The fourth-order valence-electron chi connectivity index (χ4n) is 1.85. The molecular weight excluding hydrogens is 212 g/mol. The number of fused-ring (bicyclic) bond motifs is 1. The SMILES string of the molecule is Cc1c(C)n2c(CS)c(C)c(=O)n2c1=O. The molecule has 0 radical (unpaired) electrons. The van der Waals surface area contributed by atoms with E-state index in [2.05, 4.69) is 12.6 Å². The molecule has 0 saturated carbocycles. The van der Waals surface area contributed by atoms with Crippen molar-refractivity contribution in [1.29, 1.82) is 0 Å². The molecule has 4 nitrogen and oxygen atoms in total. The van der Waals surface area contributed by atoms with E-state index < -0.39 is 0 Å². The van der Waals surface area contributed by atoms with Gasteiger partial charge in [-0.25, -0.2) is 0 Å². The molecule has 0 aromatic carbocycles. The first-order valence-corrected chi connectivity index (χ1v) is 5.30. The molecule has 80 valence electrons. The Hall–Kier alpha value is -1.23. The molecule has 0 spiro atoms. The van der Waals surface area contributed by atoms with Crippen LogP contribution in [0.1, 0.15) is 22.5 Å². The van der Waals surface area contributed by atoms with E-state index in [4.69, 9.17) is 0 Å². The molecular formula is C10H12N2O2S. The van der Waals surface area contributed by atoms with Crippen molar-refractivity contribution in [3.63, 3.8) is 0 Å². The van der Waals surface area contributed by atoms with E-state index in [1.807, 2.05) is 6.92 Å². The Bertz CT molecular complexity index is 639. The number of aryl methyl sites for hydroxylation is 1. The quantitative estimate of drug-likeness (QED) is 0.719. The van der Waals surface area contributed by atoms with Gasteiger partial charge in [0.25, 0.3) is 11.1 Å². The van der Waals surface area contributed by atoms with Crippen LogP contribution < -0.4 is 11.1 Å². The molecule has 0 aliphatic carbocycles. The van der Waals surface area contributed by atoms with Crippen LogP contribution in [0.15, 0.2) is 9.59 Å². The lowest BCUT2D eigenvalue weighted by Crippen LogP contribution is -2.23. The second-order valence-electron chi connectivity index (χ2n) is 3.67. The maximum Gasteiger partial charge on any atom is 0.277 e. The number of aromatic nitrogens is 2. The van der Waals surface area contributed by atoms with Crippen molar-refractivity contribution in [1.82, 2.24) is 9.03 Å². The van der Waals surface area contributed by atoms with Gasteiger partial charge in [-0.2, -0.15) is 17.1 Å². The first-order valence-electron chi connectivity index (χ1n) is 4.67. The van der Waals surface area contributed by atoms with E-state index in [1.54, 1.807) is 18.4 Å². The third-order valence-electron chi connectivity index (χ3n) is 2.93. The van der Waals surface area contributed by atoms with E-state index in [9.17, 15) is 9.59 Å². The van der Waals surface area contributed by atoms with Gasteiger partial charge in [0, 0.05) is 22.6 Å². The average molecular weight is 224 g/mol. The lowest BCUT2D eigenvalue weighted by atomic mass is 10.2. The van der Waals surface area contributed by atoms with Crippen molar-refractivity contribution < 1.29 is 0 Å². The zero-order valence-electron chi connectivity index (χ0n) is 8.87. The average Bonchev–Trinajstić information content (AvgIpc) is 2.59. The van der Waals surface area contributed by atoms with Crippen LogP contribution in [0.5, 0.6) is 0 Å². The topological polar surface area (TPSA) is 43.0 Å². The van der Waals surface area contributed by atoms with E-state index in [0.29, 0.717) is 16.9 Å². The number of hydrogen-bond donors (Lipinski definition) is 1. The summed E-state index contributed by atoms with van der Waals surface area (Å²) in [6.45, 7) is 5.29. The monoisotopic (exact) mass is 224 g/mol. The highest BCUT2D eigenvalue weighted by Crippen LogP contribution is 2.11. The van der Waals surface area contributed by atoms with Gasteiger partial charge in [-0.05, 0) is 20.8 Å². The number of hydrogen-bond acceptors (Lipinski definition) is 3. The second kappa shape index (κ2) is 3.13. The Morgan fingerprint density at radius 2 is 1.53 bits per heavy atom. The summed E-state index contributed by atoms with van der Waals surface area (Å²) < 4.78 is 2.86. The maximum atomic E-state index is 11.8. The number of rotatable bonds is 1. The second-order valence-corrected chi connectivity index (χ2v) is 3.99. The minimum Gasteiger partial charge on any atom is -0.267 e. The Kier molecular flexibility index (Phi) is 2.15. The van der Waals surface area contributed by atoms with Gasteiger partial charge in [0.2, 0.25) is 0 Å². The molecule has 0 atom stereocenters. The van der Waals surface area contributed by atoms with Gasteiger partial charge in [0.05, 0.1) is 5.69 Å². The normalized spacial score (nSPS) is 11.5. The zero-order valence-corrected chi connectivity index (χ0v) is 9.76. The smallest absolute Gasteiger partial charge is 0.267 e. The van der Waals surface area contributed by atoms with E-state index in [1.165, 1.54) is 4.52 Å². The molecule has 0 N–H and O–H groups in total. The molecule has 0 unspecified atom stereocenters. The molecule has 15 heavy (non-hydrogen) atoms. The predicted octanol–water partition coefficient (Wildman–Crippen LogP) is 0.552. The standard InChI is InChI=1S/C10H12N2O2S/c1-5-7(3)11-8(4-15)6(2)10(14)12(11)9(5)13/h15H,4H2,1-3H3. The van der Waals surface area contributed by atoms with Crippen LogP contribution in [0, 0.1) is 20.8 Å². The van der Waals surface area contributed by atoms with Gasteiger partial charge in [-0.3, -0.25) is 14.1 Å². The Morgan fingerprint density at radius 3 is 2.07 bits per heavy atom. The molecule has 2 rings (SSSR count). The summed E-state index contributed by atoms with van der Waals surface area (Å²) in [4.78, 5) is 23.6. The van der Waals surface area contributed by atoms with Crippen LogP contribution in [0.3, 0.4) is 0 Å². The van der Waals surface area contributed by atoms with Crippen molar-refractivity contribution in [3.05, 3.63) is 43.2 Å². The Morgan fingerprint density at radius 1 is 1.00 bits per heavy atom. The molecule has 2 aromatic rings. The molecule has 5 heteroatoms. The van der Waals surface area contributed by atoms with Crippen molar-refractivity contribution in [2.24, 2.45) is 0 Å². The van der Waals surface area contributed by atoms with Crippen LogP contribution in [-0.4, -0.2) is 9.03 Å². The van der Waals surface area contributed by atoms with Gasteiger partial charge in [0.15, 0.2) is 0 Å². The lowest BCUT2D eigenvalue weighted by molar-refractivity contribution is 0.765. The van der Waals surface area contributed by atoms with Crippen molar-refractivity contribution >= 4 is 12.6 Å². The third kappa shape index (κ3) is 1.10. The minimum absolute atomic E-state index is 0.228. The van der Waals surface area contributed by atoms with Crippen LogP contribution in [0.4, 0.5) is 0 Å². The fourth-order valence-corrected chi connectivity index (χ4v) is 2.22. The summed E-state index contributed by atoms with van der Waals surface area (Å²) in [5.41, 5.74) is 2.37. The molecule has 2 heterocycles. The minimum atomic E-state index is -0.236. The summed E-state index contributed by atoms with van der Waals surface area (Å²) in [5.74, 6) is 0.450. The van der Waals surface area contributed by atoms with Gasteiger partial charge in [-0.1, -0.05) is 0 Å². The molecule has 0 aliphatic heterocycles. The van der Waals surface area contributed by atoms with Crippen molar-refractivity contribution in [3.8, 4) is 0 Å². The van der Waals surface area contributed by atoms with Gasteiger partial charge in [-0.15, -0.1) is 0 Å². The molecule has 2 aromatic heterocycles. The van der Waals surface area contributed by atoms with Crippen LogP contribution >= 0.6 is 12.6 Å². The summed E-state index contributed by atoms with van der Waals surface area (Å²) in [6.07, 6.45) is 0. The summed E-state index contributed by atoms with van der Waals surface area (Å²) >= 11 is 4.18. The fraction of sp³-hybridized carbons (Fsp3) is 0.400. The van der Waals surface area contributed by atoms with Crippen LogP contribution in [-0.2, 0) is 5.75 Å². The summed E-state index contributed by atoms with van der Waals surface area (Å²) in [5, 5.41) is 0. The van der Waals surface area contributed by atoms with E-state index in [0.717, 1.165) is 11.4 Å². The Balaban J connectivity index is 3.17. The first kappa shape index (κ1) is 10.3. The number of nitrogens with zero attached hydrogens (tertiary/aromatic N) is 2. The Labute approximate surface area is 91.9 Å². The number of thiol groups is 1. The van der Waals surface area contributed by atoms with Gasteiger partial charge < -0.3 is 0 Å². The highest BCUT2D eigenvalue weighted by atomic mass is 32.1. The highest BCUT2D eigenvalue weighted by Gasteiger charge is 2.18. The molecule has 0 saturated heterocycles. The van der Waals surface area contributed by atoms with Gasteiger partial charge >= 0.3 is 0 Å². The largest absolute Gasteiger partial charge is 0.277 e. The lowest BCUT2D eigenvalue weighted by Gasteiger charge is -1.98. The molecule has 0 bridgehead atoms. The van der Waals surface area contributed by atoms with Gasteiger partial charge in [0.1, 0.15) is 0 Å². The first-order chi connectivity index (χ1) is 7.00. The van der Waals surface area contributed by atoms with Crippen LogP contribution in [0.2, 0.25) is 0 Å². The molecule has 0 aliphatic rings. The van der Waals surface area contributed by atoms with E-state index in [-0.39, 0.29) is 11.1 Å². The summed E-state index contributed by atoms with van der Waals surface area (Å²) in [6, 6.07) is 0. The van der Waals surface area contributed by atoms with Crippen molar-refractivity contribution in [2.75, 3.05) is 0 Å². The molecule has 0 fully saturated rings. The third-order valence-corrected chi connectivity index (χ3v) is 3.22. The maximum absolute atomic E-state index is 11.8. The van der Waals surface area contributed by atoms with Crippen LogP contribution in [0.25, 0.3) is 0 Å².